The van der Waals surface area contributed by atoms with Crippen molar-refractivity contribution in [3.63, 3.8) is 0 Å². The van der Waals surface area contributed by atoms with Crippen molar-refractivity contribution in [2.45, 2.75) is 77.7 Å². The van der Waals surface area contributed by atoms with Crippen molar-refractivity contribution >= 4 is 23.4 Å². The average Bonchev–Trinajstić information content (AvgIpc) is 3.30. The van der Waals surface area contributed by atoms with E-state index in [1.165, 1.54) is 4.90 Å². The lowest BCUT2D eigenvalue weighted by Gasteiger charge is -2.36. The topological polar surface area (TPSA) is 108 Å². The number of ether oxygens (including phenoxy) is 1. The molecule has 3 N–H and O–H groups in total. The molecular weight excluding hydrogens is 434 g/mol. The molecule has 3 saturated heterocycles. The number of carbonyl (C=O) groups is 3. The Morgan fingerprint density at radius 2 is 2.00 bits per heavy atom. The third-order valence-corrected chi connectivity index (χ3v) is 8.22. The predicted octanol–water partition coefficient (Wildman–Crippen LogP) is 2.16. The maximum Gasteiger partial charge on any atom is 0.250 e. The highest BCUT2D eigenvalue weighted by Gasteiger charge is 2.80. The second kappa shape index (κ2) is 8.64. The highest BCUT2D eigenvalue weighted by Crippen LogP contribution is 2.65. The second-order valence-corrected chi connectivity index (χ2v) is 10.6. The van der Waals surface area contributed by atoms with Gasteiger partial charge in [0.05, 0.1) is 30.1 Å². The van der Waals surface area contributed by atoms with E-state index in [1.54, 1.807) is 6.92 Å². The number of amides is 3. The lowest BCUT2D eigenvalue weighted by Crippen LogP contribution is -2.56. The molecule has 3 heterocycles. The number of hydrogen-bond acceptors (Lipinski definition) is 5. The fourth-order valence-corrected chi connectivity index (χ4v) is 6.37. The van der Waals surface area contributed by atoms with Crippen LogP contribution in [0.5, 0.6) is 0 Å². The Bertz CT molecular complexity index is 1010. The Kier molecular flexibility index (Phi) is 6.27. The van der Waals surface area contributed by atoms with Crippen molar-refractivity contribution in [2.24, 2.45) is 17.8 Å². The smallest absolute Gasteiger partial charge is 0.250 e. The largest absolute Gasteiger partial charge is 0.394 e. The van der Waals surface area contributed by atoms with Crippen molar-refractivity contribution < 1.29 is 24.2 Å². The molecule has 0 radical (unpaired) electrons. The van der Waals surface area contributed by atoms with E-state index in [2.05, 4.69) is 10.6 Å². The summed E-state index contributed by atoms with van der Waals surface area (Å²) in [6.45, 7) is 11.7. The van der Waals surface area contributed by atoms with E-state index in [1.807, 2.05) is 52.8 Å². The molecule has 0 aliphatic carbocycles. The Hall–Kier alpha value is -2.45. The van der Waals surface area contributed by atoms with Crippen LogP contribution >= 0.6 is 0 Å². The number of aliphatic hydroxyl groups is 1. The number of likely N-dealkylation sites (tertiary alicyclic amines) is 1. The first-order valence-electron chi connectivity index (χ1n) is 12.3. The minimum Gasteiger partial charge on any atom is -0.394 e. The highest BCUT2D eigenvalue weighted by atomic mass is 16.5. The van der Waals surface area contributed by atoms with Gasteiger partial charge in [0.15, 0.2) is 0 Å². The first kappa shape index (κ1) is 24.7. The van der Waals surface area contributed by atoms with Crippen molar-refractivity contribution in [3.05, 3.63) is 29.3 Å². The maximum atomic E-state index is 13.9. The van der Waals surface area contributed by atoms with Crippen molar-refractivity contribution in [2.75, 3.05) is 18.5 Å². The summed E-state index contributed by atoms with van der Waals surface area (Å²) in [6.07, 6.45) is 1.28. The molecule has 7 atom stereocenters. The quantitative estimate of drug-likeness (QED) is 0.565. The number of aryl methyl sites for hydroxylation is 2. The van der Waals surface area contributed by atoms with Crippen LogP contribution in [0.2, 0.25) is 0 Å². The molecule has 2 bridgehead atoms. The van der Waals surface area contributed by atoms with Crippen LogP contribution in [0.4, 0.5) is 5.69 Å². The molecule has 186 valence electrons. The molecule has 34 heavy (non-hydrogen) atoms. The first-order valence-corrected chi connectivity index (χ1v) is 12.3. The Morgan fingerprint density at radius 3 is 2.65 bits per heavy atom. The fraction of sp³-hybridized carbons (Fsp3) is 0.654. The summed E-state index contributed by atoms with van der Waals surface area (Å²) in [4.78, 5) is 42.5. The third kappa shape index (κ3) is 3.45. The Morgan fingerprint density at radius 1 is 1.29 bits per heavy atom. The van der Waals surface area contributed by atoms with E-state index in [0.29, 0.717) is 18.7 Å². The van der Waals surface area contributed by atoms with Gasteiger partial charge in [-0.05, 0) is 63.6 Å². The van der Waals surface area contributed by atoms with Gasteiger partial charge in [-0.1, -0.05) is 26.0 Å². The Labute approximate surface area is 201 Å². The molecule has 3 unspecified atom stereocenters. The number of aliphatic hydroxyl groups excluding tert-OH is 1. The average molecular weight is 472 g/mol. The number of rotatable bonds is 7. The molecule has 1 aromatic carbocycles. The zero-order valence-electron chi connectivity index (χ0n) is 21.0. The monoisotopic (exact) mass is 471 g/mol. The van der Waals surface area contributed by atoms with Crippen LogP contribution in [-0.4, -0.2) is 64.2 Å². The summed E-state index contributed by atoms with van der Waals surface area (Å²) >= 11 is 0. The molecule has 0 saturated carbocycles. The molecule has 8 heteroatoms. The molecular formula is C26H37N3O5. The number of carbonyl (C=O) groups excluding carboxylic acids is 3. The molecule has 1 spiro atoms. The normalized spacial score (nSPS) is 34.8. The molecule has 0 aromatic heterocycles. The standard InChI is InChI=1S/C26H37N3O5/c1-7-10-27-22(31)19-20-24(33)29(17(5)13-30)21(26(20)12-16(4)25(19,6)34-26)23(32)28-18-11-14(2)8-9-15(18)3/h8-9,11,16-17,19-21,30H,7,10,12-13H2,1-6H3,(H,27,31)(H,28,32)/t16?,17-,19+,20+,21?,25-,26?/m1/s1. The zero-order chi connectivity index (χ0) is 25.0. The molecule has 3 fully saturated rings. The number of hydrogen-bond donors (Lipinski definition) is 3. The number of nitrogens with one attached hydrogen (secondary N) is 2. The molecule has 1 aromatic rings. The van der Waals surface area contributed by atoms with Crippen LogP contribution in [0, 0.1) is 31.6 Å². The lowest BCUT2D eigenvalue weighted by molar-refractivity contribution is -0.148. The SMILES string of the molecule is CCCNC(=O)[C@@H]1[C@H]2C(=O)N([C@H](C)CO)C(C(=O)Nc3cc(C)ccc3C)C23CC(C)[C@@]1(C)O3. The van der Waals surface area contributed by atoms with Crippen LogP contribution in [0.1, 0.15) is 51.7 Å². The van der Waals surface area contributed by atoms with Gasteiger partial charge in [-0.2, -0.15) is 0 Å². The minimum atomic E-state index is -1.12. The second-order valence-electron chi connectivity index (χ2n) is 10.6. The highest BCUT2D eigenvalue weighted by molar-refractivity contribution is 6.04. The van der Waals surface area contributed by atoms with Gasteiger partial charge in [-0.15, -0.1) is 0 Å². The van der Waals surface area contributed by atoms with E-state index in [-0.39, 0.29) is 30.2 Å². The molecule has 8 nitrogen and oxygen atoms in total. The van der Waals surface area contributed by atoms with E-state index < -0.39 is 35.1 Å². The maximum absolute atomic E-state index is 13.9. The van der Waals surface area contributed by atoms with Crippen molar-refractivity contribution in [1.29, 1.82) is 0 Å². The van der Waals surface area contributed by atoms with Crippen molar-refractivity contribution in [3.8, 4) is 0 Å². The van der Waals surface area contributed by atoms with Gasteiger partial charge in [-0.3, -0.25) is 14.4 Å². The van der Waals surface area contributed by atoms with Gasteiger partial charge in [-0.25, -0.2) is 0 Å². The van der Waals surface area contributed by atoms with Gasteiger partial charge < -0.3 is 25.4 Å². The van der Waals surface area contributed by atoms with Gasteiger partial charge in [0.2, 0.25) is 17.7 Å². The van der Waals surface area contributed by atoms with E-state index in [9.17, 15) is 19.5 Å². The summed E-state index contributed by atoms with van der Waals surface area (Å²) in [6, 6.07) is 4.28. The van der Waals surface area contributed by atoms with Crippen LogP contribution in [0.25, 0.3) is 0 Å². The molecule has 3 aliphatic heterocycles. The van der Waals surface area contributed by atoms with Crippen LogP contribution in [-0.2, 0) is 19.1 Å². The summed E-state index contributed by atoms with van der Waals surface area (Å²) in [5.41, 5.74) is 0.632. The van der Waals surface area contributed by atoms with Gasteiger partial charge in [0.25, 0.3) is 0 Å². The Balaban J connectivity index is 1.78. The lowest BCUT2D eigenvalue weighted by atomic mass is 9.62. The van der Waals surface area contributed by atoms with E-state index >= 15 is 0 Å². The molecule has 4 rings (SSSR count). The van der Waals surface area contributed by atoms with E-state index in [0.717, 1.165) is 17.5 Å². The molecule has 3 aliphatic rings. The number of fused-ring (bicyclic) bond motifs is 1. The summed E-state index contributed by atoms with van der Waals surface area (Å²) < 4.78 is 6.65. The number of nitrogens with zero attached hydrogens (tertiary/aromatic N) is 1. The third-order valence-electron chi connectivity index (χ3n) is 8.22. The van der Waals surface area contributed by atoms with Crippen LogP contribution in [0.3, 0.4) is 0 Å². The first-order chi connectivity index (χ1) is 16.0. The minimum absolute atomic E-state index is 0.0192. The van der Waals surface area contributed by atoms with Gasteiger partial charge in [0, 0.05) is 12.2 Å². The van der Waals surface area contributed by atoms with E-state index in [4.69, 9.17) is 4.74 Å². The van der Waals surface area contributed by atoms with Crippen LogP contribution in [0.15, 0.2) is 18.2 Å². The summed E-state index contributed by atoms with van der Waals surface area (Å²) in [5, 5.41) is 15.9. The fourth-order valence-electron chi connectivity index (χ4n) is 6.37. The summed E-state index contributed by atoms with van der Waals surface area (Å²) in [5.74, 6) is -2.33. The number of benzene rings is 1. The van der Waals surface area contributed by atoms with Gasteiger partial charge >= 0.3 is 0 Å². The summed E-state index contributed by atoms with van der Waals surface area (Å²) in [7, 11) is 0. The van der Waals surface area contributed by atoms with Gasteiger partial charge in [0.1, 0.15) is 11.6 Å². The predicted molar refractivity (Wildman–Crippen MR) is 128 cm³/mol. The molecule has 3 amide bonds. The zero-order valence-corrected chi connectivity index (χ0v) is 21.0. The number of anilines is 1. The van der Waals surface area contributed by atoms with Crippen LogP contribution < -0.4 is 10.6 Å². The van der Waals surface area contributed by atoms with Crippen molar-refractivity contribution in [1.82, 2.24) is 10.2 Å².